The number of hydrogen-bond donors (Lipinski definition) is 1. The number of carbonyl (C=O) groups excluding carboxylic acids is 4. The zero-order valence-corrected chi connectivity index (χ0v) is 13.9. The van der Waals surface area contributed by atoms with Crippen molar-refractivity contribution in [1.29, 1.82) is 0 Å². The van der Waals surface area contributed by atoms with Gasteiger partial charge in [0.05, 0.1) is 31.3 Å². The van der Waals surface area contributed by atoms with E-state index in [2.05, 4.69) is 14.8 Å². The minimum atomic E-state index is -0.678. The number of hydrogen-bond acceptors (Lipinski definition) is 7. The highest BCUT2D eigenvalue weighted by Gasteiger charge is 2.16. The maximum Gasteiger partial charge on any atom is 0.337 e. The summed E-state index contributed by atoms with van der Waals surface area (Å²) in [5.74, 6) is -2.83. The Bertz CT molecular complexity index is 618. The van der Waals surface area contributed by atoms with Crippen molar-refractivity contribution in [3.63, 3.8) is 0 Å². The van der Waals surface area contributed by atoms with Gasteiger partial charge in [0.25, 0.3) is 5.91 Å². The summed E-state index contributed by atoms with van der Waals surface area (Å²) in [4.78, 5) is 46.5. The first-order valence-corrected chi connectivity index (χ1v) is 7.06. The molecule has 0 spiro atoms. The number of amides is 1. The molecule has 1 aromatic carbocycles. The van der Waals surface area contributed by atoms with Crippen molar-refractivity contribution < 1.29 is 33.4 Å². The molecule has 1 N–H and O–H groups in total. The van der Waals surface area contributed by atoms with E-state index in [0.717, 1.165) is 0 Å². The zero-order chi connectivity index (χ0) is 18.3. The Kier molecular flexibility index (Phi) is 6.91. The number of anilines is 1. The van der Waals surface area contributed by atoms with Crippen LogP contribution < -0.4 is 5.32 Å². The highest BCUT2D eigenvalue weighted by atomic mass is 16.5. The van der Waals surface area contributed by atoms with Crippen LogP contribution in [-0.2, 0) is 23.8 Å². The smallest absolute Gasteiger partial charge is 0.337 e. The second-order valence-corrected chi connectivity index (χ2v) is 5.09. The third-order valence-corrected chi connectivity index (χ3v) is 2.88. The van der Waals surface area contributed by atoms with Crippen LogP contribution in [0, 0.1) is 5.92 Å². The van der Waals surface area contributed by atoms with Crippen LogP contribution in [-0.4, -0.2) is 44.6 Å². The van der Waals surface area contributed by atoms with E-state index in [9.17, 15) is 19.2 Å². The van der Waals surface area contributed by atoms with E-state index in [0.29, 0.717) is 0 Å². The Morgan fingerprint density at radius 1 is 0.958 bits per heavy atom. The standard InChI is InChI=1S/C16H19NO7/c1-9(2)14(19)24-8-13(18)17-12-6-10(15(20)22-3)5-11(7-12)16(21)23-4/h5-7,9H,8H2,1-4H3,(H,17,18). The van der Waals surface area contributed by atoms with Gasteiger partial charge in [-0.1, -0.05) is 13.8 Å². The molecule has 0 heterocycles. The van der Waals surface area contributed by atoms with Gasteiger partial charge >= 0.3 is 17.9 Å². The molecular weight excluding hydrogens is 318 g/mol. The van der Waals surface area contributed by atoms with Gasteiger partial charge < -0.3 is 19.5 Å². The summed E-state index contributed by atoms with van der Waals surface area (Å²) in [6, 6.07) is 3.95. The van der Waals surface area contributed by atoms with E-state index >= 15 is 0 Å². The van der Waals surface area contributed by atoms with Gasteiger partial charge in [-0.05, 0) is 18.2 Å². The van der Waals surface area contributed by atoms with Gasteiger partial charge in [-0.3, -0.25) is 9.59 Å². The van der Waals surface area contributed by atoms with Gasteiger partial charge in [0.1, 0.15) is 0 Å². The van der Waals surface area contributed by atoms with Crippen molar-refractivity contribution in [2.75, 3.05) is 26.1 Å². The maximum absolute atomic E-state index is 11.8. The van der Waals surface area contributed by atoms with Gasteiger partial charge in [-0.25, -0.2) is 9.59 Å². The molecule has 130 valence electrons. The van der Waals surface area contributed by atoms with E-state index in [-0.39, 0.29) is 22.7 Å². The van der Waals surface area contributed by atoms with Gasteiger partial charge in [0, 0.05) is 5.69 Å². The topological polar surface area (TPSA) is 108 Å². The lowest BCUT2D eigenvalue weighted by Crippen LogP contribution is -2.23. The largest absolute Gasteiger partial charge is 0.465 e. The van der Waals surface area contributed by atoms with Crippen LogP contribution in [0.2, 0.25) is 0 Å². The Morgan fingerprint density at radius 3 is 1.88 bits per heavy atom. The molecule has 0 atom stereocenters. The minimum absolute atomic E-state index is 0.0647. The first kappa shape index (κ1) is 19.1. The van der Waals surface area contributed by atoms with E-state index in [4.69, 9.17) is 4.74 Å². The summed E-state index contributed by atoms with van der Waals surface area (Å²) in [5.41, 5.74) is 0.300. The molecule has 8 nitrogen and oxygen atoms in total. The van der Waals surface area contributed by atoms with Crippen LogP contribution >= 0.6 is 0 Å². The number of esters is 3. The first-order valence-electron chi connectivity index (χ1n) is 7.06. The first-order chi connectivity index (χ1) is 11.3. The number of nitrogens with one attached hydrogen (secondary N) is 1. The van der Waals surface area contributed by atoms with Crippen molar-refractivity contribution in [3.8, 4) is 0 Å². The lowest BCUT2D eigenvalue weighted by Gasteiger charge is -2.10. The zero-order valence-electron chi connectivity index (χ0n) is 13.9. The summed E-state index contributed by atoms with van der Waals surface area (Å²) < 4.78 is 14.0. The third kappa shape index (κ3) is 5.38. The van der Waals surface area contributed by atoms with Crippen LogP contribution in [0.1, 0.15) is 34.6 Å². The summed E-state index contributed by atoms with van der Waals surface area (Å²) in [5, 5.41) is 2.44. The maximum atomic E-state index is 11.8. The Labute approximate surface area is 139 Å². The molecule has 0 aliphatic rings. The van der Waals surface area contributed by atoms with Crippen molar-refractivity contribution in [1.82, 2.24) is 0 Å². The predicted octanol–water partition coefficient (Wildman–Crippen LogP) is 1.40. The Hall–Kier alpha value is -2.90. The summed E-state index contributed by atoms with van der Waals surface area (Å²) >= 11 is 0. The predicted molar refractivity (Wildman–Crippen MR) is 83.5 cm³/mol. The second-order valence-electron chi connectivity index (χ2n) is 5.09. The minimum Gasteiger partial charge on any atom is -0.465 e. The van der Waals surface area contributed by atoms with Crippen LogP contribution in [0.4, 0.5) is 5.69 Å². The van der Waals surface area contributed by atoms with Crippen LogP contribution in [0.3, 0.4) is 0 Å². The number of carbonyl (C=O) groups is 4. The molecule has 0 aliphatic heterocycles. The van der Waals surface area contributed by atoms with Crippen molar-refractivity contribution in [2.24, 2.45) is 5.92 Å². The molecular formula is C16H19NO7. The Balaban J connectivity index is 2.93. The SMILES string of the molecule is COC(=O)c1cc(NC(=O)COC(=O)C(C)C)cc(C(=O)OC)c1. The molecule has 0 saturated heterocycles. The van der Waals surface area contributed by atoms with Gasteiger partial charge in [0.2, 0.25) is 0 Å². The van der Waals surface area contributed by atoms with Crippen molar-refractivity contribution in [3.05, 3.63) is 29.3 Å². The molecule has 1 amide bonds. The molecule has 8 heteroatoms. The molecule has 0 bridgehead atoms. The number of ether oxygens (including phenoxy) is 3. The van der Waals surface area contributed by atoms with Gasteiger partial charge in [-0.2, -0.15) is 0 Å². The molecule has 1 aromatic rings. The summed E-state index contributed by atoms with van der Waals surface area (Å²) in [6.07, 6.45) is 0. The molecule has 0 aliphatic carbocycles. The lowest BCUT2D eigenvalue weighted by atomic mass is 10.1. The molecule has 1 rings (SSSR count). The highest BCUT2D eigenvalue weighted by molar-refractivity contribution is 6.00. The van der Waals surface area contributed by atoms with Crippen molar-refractivity contribution in [2.45, 2.75) is 13.8 Å². The fourth-order valence-corrected chi connectivity index (χ4v) is 1.67. The van der Waals surface area contributed by atoms with Crippen LogP contribution in [0.25, 0.3) is 0 Å². The van der Waals surface area contributed by atoms with E-state index in [1.807, 2.05) is 0 Å². The molecule has 0 radical (unpaired) electrons. The fourth-order valence-electron chi connectivity index (χ4n) is 1.67. The van der Waals surface area contributed by atoms with Crippen molar-refractivity contribution >= 4 is 29.5 Å². The average molecular weight is 337 g/mol. The van der Waals surface area contributed by atoms with E-state index in [1.165, 1.54) is 32.4 Å². The molecule has 0 unspecified atom stereocenters. The highest BCUT2D eigenvalue weighted by Crippen LogP contribution is 2.17. The van der Waals surface area contributed by atoms with E-state index in [1.54, 1.807) is 13.8 Å². The normalized spacial score (nSPS) is 10.0. The molecule has 0 aromatic heterocycles. The molecule has 0 saturated carbocycles. The second kappa shape index (κ2) is 8.66. The average Bonchev–Trinajstić information content (AvgIpc) is 2.57. The monoisotopic (exact) mass is 337 g/mol. The Morgan fingerprint density at radius 2 is 1.46 bits per heavy atom. The number of benzene rings is 1. The van der Waals surface area contributed by atoms with Gasteiger partial charge in [0.15, 0.2) is 6.61 Å². The summed E-state index contributed by atoms with van der Waals surface area (Å²) in [6.45, 7) is 2.80. The molecule has 24 heavy (non-hydrogen) atoms. The number of rotatable bonds is 6. The lowest BCUT2D eigenvalue weighted by molar-refractivity contribution is -0.150. The summed E-state index contributed by atoms with van der Waals surface area (Å²) in [7, 11) is 2.38. The van der Waals surface area contributed by atoms with E-state index < -0.39 is 30.4 Å². The quantitative estimate of drug-likeness (QED) is 0.617. The fraction of sp³-hybridized carbons (Fsp3) is 0.375. The van der Waals surface area contributed by atoms with Crippen LogP contribution in [0.5, 0.6) is 0 Å². The third-order valence-electron chi connectivity index (χ3n) is 2.88. The number of methoxy groups -OCH3 is 2. The van der Waals surface area contributed by atoms with Crippen LogP contribution in [0.15, 0.2) is 18.2 Å². The molecule has 0 fully saturated rings. The van der Waals surface area contributed by atoms with Gasteiger partial charge in [-0.15, -0.1) is 0 Å².